The van der Waals surface area contributed by atoms with Gasteiger partial charge >= 0.3 is 0 Å². The summed E-state index contributed by atoms with van der Waals surface area (Å²) in [6, 6.07) is 15.4. The molecule has 0 bridgehead atoms. The number of nitrogens with zero attached hydrogens (tertiary/aromatic N) is 4. The summed E-state index contributed by atoms with van der Waals surface area (Å²) in [7, 11) is 2.15. The maximum Gasteiger partial charge on any atom is 0.247 e. The van der Waals surface area contributed by atoms with Crippen LogP contribution in [0.3, 0.4) is 0 Å². The van der Waals surface area contributed by atoms with E-state index in [-0.39, 0.29) is 5.91 Å². The molecule has 0 unspecified atom stereocenters. The summed E-state index contributed by atoms with van der Waals surface area (Å²) in [6.07, 6.45) is 1.22. The SMILES string of the molecule is C=CSc1c(C)nc(Nc2ccc(N3CCN(C)CC3)cc2)nc1Oc1cccc(NC(=O)C=C)c1. The first-order valence-corrected chi connectivity index (χ1v) is 12.5. The molecule has 0 spiro atoms. The Morgan fingerprint density at radius 3 is 2.50 bits per heavy atom. The minimum absolute atomic E-state index is 0.293. The number of amides is 1. The van der Waals surface area contributed by atoms with E-state index in [1.807, 2.05) is 19.1 Å². The Morgan fingerprint density at radius 2 is 1.81 bits per heavy atom. The van der Waals surface area contributed by atoms with Gasteiger partial charge in [-0.1, -0.05) is 31.0 Å². The second kappa shape index (κ2) is 11.7. The van der Waals surface area contributed by atoms with Crippen molar-refractivity contribution in [2.75, 3.05) is 48.8 Å². The molecule has 36 heavy (non-hydrogen) atoms. The molecule has 8 nitrogen and oxygen atoms in total. The van der Waals surface area contributed by atoms with E-state index in [2.05, 4.69) is 62.7 Å². The van der Waals surface area contributed by atoms with E-state index in [9.17, 15) is 4.79 Å². The second-order valence-corrected chi connectivity index (χ2v) is 9.31. The molecule has 0 saturated carbocycles. The average Bonchev–Trinajstić information content (AvgIpc) is 2.87. The number of anilines is 4. The number of likely N-dealkylation sites (N-methyl/N-ethyl adjacent to an activating group) is 1. The fourth-order valence-electron chi connectivity index (χ4n) is 3.77. The number of rotatable bonds is 9. The highest BCUT2D eigenvalue weighted by atomic mass is 32.2. The number of piperazine rings is 1. The molecular weight excluding hydrogens is 472 g/mol. The monoisotopic (exact) mass is 502 g/mol. The molecule has 2 aromatic carbocycles. The van der Waals surface area contributed by atoms with Gasteiger partial charge in [-0.3, -0.25) is 4.79 Å². The molecule has 3 aromatic rings. The standard InChI is InChI=1S/C27H30N6O2S/c1-5-24(34)29-21-8-7-9-23(18-21)35-26-25(36-6-2)19(3)28-27(31-26)30-20-10-12-22(13-11-20)33-16-14-32(4)15-17-33/h5-13,18H,1-2,14-17H2,3-4H3,(H,29,34)(H,28,30,31). The number of hydrogen-bond acceptors (Lipinski definition) is 8. The van der Waals surface area contributed by atoms with Crippen LogP contribution in [0.15, 0.2) is 78.1 Å². The number of carbonyl (C=O) groups excluding carboxylic acids is 1. The molecule has 1 aliphatic heterocycles. The fourth-order valence-corrected chi connectivity index (χ4v) is 4.34. The Hall–Kier alpha value is -3.82. The van der Waals surface area contributed by atoms with Gasteiger partial charge in [0.25, 0.3) is 0 Å². The van der Waals surface area contributed by atoms with Crippen LogP contribution in [0, 0.1) is 6.92 Å². The van der Waals surface area contributed by atoms with Gasteiger partial charge in [-0.25, -0.2) is 4.98 Å². The molecule has 4 rings (SSSR count). The van der Waals surface area contributed by atoms with Crippen molar-refractivity contribution >= 4 is 40.7 Å². The molecule has 1 fully saturated rings. The van der Waals surface area contributed by atoms with Gasteiger partial charge < -0.3 is 25.2 Å². The lowest BCUT2D eigenvalue weighted by Gasteiger charge is -2.34. The van der Waals surface area contributed by atoms with Gasteiger partial charge in [0.05, 0.1) is 10.6 Å². The van der Waals surface area contributed by atoms with Crippen molar-refractivity contribution < 1.29 is 9.53 Å². The van der Waals surface area contributed by atoms with Crippen molar-refractivity contribution in [1.29, 1.82) is 0 Å². The van der Waals surface area contributed by atoms with E-state index in [0.29, 0.717) is 23.3 Å². The van der Waals surface area contributed by atoms with Crippen LogP contribution in [0.2, 0.25) is 0 Å². The zero-order valence-electron chi connectivity index (χ0n) is 20.5. The maximum atomic E-state index is 11.7. The third-order valence-corrected chi connectivity index (χ3v) is 6.57. The summed E-state index contributed by atoms with van der Waals surface area (Å²) < 4.78 is 6.14. The van der Waals surface area contributed by atoms with Crippen molar-refractivity contribution in [3.8, 4) is 11.6 Å². The van der Waals surface area contributed by atoms with E-state index >= 15 is 0 Å². The largest absolute Gasteiger partial charge is 0.438 e. The number of thioether (sulfide) groups is 1. The zero-order chi connectivity index (χ0) is 25.5. The quantitative estimate of drug-likeness (QED) is 0.296. The van der Waals surface area contributed by atoms with Gasteiger partial charge in [0.15, 0.2) is 0 Å². The summed E-state index contributed by atoms with van der Waals surface area (Å²) in [5.74, 6) is 1.07. The van der Waals surface area contributed by atoms with Gasteiger partial charge in [-0.05, 0) is 61.9 Å². The normalized spacial score (nSPS) is 13.7. The lowest BCUT2D eigenvalue weighted by Crippen LogP contribution is -2.44. The molecule has 1 saturated heterocycles. The van der Waals surface area contributed by atoms with Gasteiger partial charge in [0, 0.05) is 49.3 Å². The van der Waals surface area contributed by atoms with Crippen LogP contribution >= 0.6 is 11.8 Å². The van der Waals surface area contributed by atoms with Crippen molar-refractivity contribution in [2.45, 2.75) is 11.8 Å². The van der Waals surface area contributed by atoms with Crippen LogP contribution in [0.4, 0.5) is 23.0 Å². The molecule has 1 aliphatic rings. The van der Waals surface area contributed by atoms with Crippen LogP contribution < -0.4 is 20.3 Å². The Kier molecular flexibility index (Phi) is 8.24. The first kappa shape index (κ1) is 25.3. The molecule has 2 N–H and O–H groups in total. The number of nitrogens with one attached hydrogen (secondary N) is 2. The molecule has 9 heteroatoms. The zero-order valence-corrected chi connectivity index (χ0v) is 21.3. The Morgan fingerprint density at radius 1 is 1.06 bits per heavy atom. The van der Waals surface area contributed by atoms with Gasteiger partial charge in [0.1, 0.15) is 5.75 Å². The highest BCUT2D eigenvalue weighted by Crippen LogP contribution is 2.35. The molecule has 0 aliphatic carbocycles. The number of benzene rings is 2. The minimum Gasteiger partial charge on any atom is -0.438 e. The molecule has 0 atom stereocenters. The topological polar surface area (TPSA) is 82.6 Å². The van der Waals surface area contributed by atoms with E-state index in [1.165, 1.54) is 23.5 Å². The summed E-state index contributed by atoms with van der Waals surface area (Å²) in [5, 5.41) is 7.74. The molecular formula is C27H30N6O2S. The van der Waals surface area contributed by atoms with Crippen LogP contribution in [-0.2, 0) is 4.79 Å². The summed E-state index contributed by atoms with van der Waals surface area (Å²) in [5.41, 5.74) is 3.45. The van der Waals surface area contributed by atoms with E-state index in [1.54, 1.807) is 29.7 Å². The van der Waals surface area contributed by atoms with Crippen molar-refractivity contribution in [3.05, 3.63) is 78.9 Å². The summed E-state index contributed by atoms with van der Waals surface area (Å²) in [6.45, 7) is 13.4. The molecule has 2 heterocycles. The lowest BCUT2D eigenvalue weighted by atomic mass is 10.2. The van der Waals surface area contributed by atoms with Crippen LogP contribution in [0.1, 0.15) is 5.69 Å². The lowest BCUT2D eigenvalue weighted by molar-refractivity contribution is -0.111. The summed E-state index contributed by atoms with van der Waals surface area (Å²) >= 11 is 1.39. The van der Waals surface area contributed by atoms with Crippen LogP contribution in [0.5, 0.6) is 11.6 Å². The minimum atomic E-state index is -0.293. The van der Waals surface area contributed by atoms with E-state index in [0.717, 1.165) is 42.5 Å². The van der Waals surface area contributed by atoms with Gasteiger partial charge in [-0.2, -0.15) is 4.98 Å². The first-order valence-electron chi connectivity index (χ1n) is 11.6. The van der Waals surface area contributed by atoms with Crippen molar-refractivity contribution in [1.82, 2.24) is 14.9 Å². The first-order chi connectivity index (χ1) is 17.4. The summed E-state index contributed by atoms with van der Waals surface area (Å²) in [4.78, 5) is 26.4. The van der Waals surface area contributed by atoms with Gasteiger partial charge in [0.2, 0.25) is 17.7 Å². The highest BCUT2D eigenvalue weighted by Gasteiger charge is 2.16. The van der Waals surface area contributed by atoms with Gasteiger partial charge in [-0.15, -0.1) is 0 Å². The van der Waals surface area contributed by atoms with Crippen LogP contribution in [0.25, 0.3) is 0 Å². The maximum absolute atomic E-state index is 11.7. The third kappa shape index (κ3) is 6.44. The van der Waals surface area contributed by atoms with E-state index in [4.69, 9.17) is 4.74 Å². The second-order valence-electron chi connectivity index (χ2n) is 8.34. The molecule has 1 amide bonds. The third-order valence-electron chi connectivity index (χ3n) is 5.70. The molecule has 186 valence electrons. The number of aromatic nitrogens is 2. The number of hydrogen-bond donors (Lipinski definition) is 2. The van der Waals surface area contributed by atoms with Crippen molar-refractivity contribution in [2.24, 2.45) is 0 Å². The highest BCUT2D eigenvalue weighted by molar-refractivity contribution is 8.02. The predicted molar refractivity (Wildman–Crippen MR) is 148 cm³/mol. The Bertz CT molecular complexity index is 1240. The number of ether oxygens (including phenoxy) is 1. The number of carbonyl (C=O) groups is 1. The average molecular weight is 503 g/mol. The number of aryl methyl sites for hydroxylation is 1. The Balaban J connectivity index is 1.54. The van der Waals surface area contributed by atoms with Crippen molar-refractivity contribution in [3.63, 3.8) is 0 Å². The van der Waals surface area contributed by atoms with E-state index < -0.39 is 0 Å². The molecule has 0 radical (unpaired) electrons. The Labute approximate surface area is 216 Å². The predicted octanol–water partition coefficient (Wildman–Crippen LogP) is 5.43. The molecule has 1 aromatic heterocycles. The fraction of sp³-hybridized carbons (Fsp3) is 0.222. The van der Waals surface area contributed by atoms with Crippen LogP contribution in [-0.4, -0.2) is 54.0 Å². The smallest absolute Gasteiger partial charge is 0.247 e.